The number of methoxy groups -OCH3 is 1. The van der Waals surface area contributed by atoms with Crippen LogP contribution in [0.25, 0.3) is 0 Å². The number of rotatable bonds is 8. The molecule has 0 saturated carbocycles. The topological polar surface area (TPSA) is 73.6 Å². The summed E-state index contributed by atoms with van der Waals surface area (Å²) < 4.78 is 24.1. The van der Waals surface area contributed by atoms with Crippen molar-refractivity contribution in [3.8, 4) is 5.75 Å². The van der Waals surface area contributed by atoms with Gasteiger partial charge in [-0.15, -0.1) is 0 Å². The maximum absolute atomic E-state index is 13.7. The third kappa shape index (κ3) is 5.04. The van der Waals surface area contributed by atoms with Gasteiger partial charge in [0.05, 0.1) is 12.6 Å². The number of ether oxygens (including phenoxy) is 2. The third-order valence-electron chi connectivity index (χ3n) is 3.44. The molecule has 0 radical (unpaired) electrons. The minimum atomic E-state index is -0.783. The summed E-state index contributed by atoms with van der Waals surface area (Å²) in [6.07, 6.45) is 0. The zero-order valence-electron chi connectivity index (χ0n) is 13.4. The van der Waals surface area contributed by atoms with E-state index in [1.54, 1.807) is 12.1 Å². The van der Waals surface area contributed by atoms with Crippen LogP contribution in [0, 0.1) is 5.82 Å². The van der Waals surface area contributed by atoms with Gasteiger partial charge in [0, 0.05) is 7.11 Å². The van der Waals surface area contributed by atoms with E-state index in [0.29, 0.717) is 0 Å². The highest BCUT2D eigenvalue weighted by Crippen LogP contribution is 2.19. The molecule has 2 aromatic carbocycles. The summed E-state index contributed by atoms with van der Waals surface area (Å²) in [6.45, 7) is 0.192. The summed E-state index contributed by atoms with van der Waals surface area (Å²) in [5.41, 5.74) is 6.59. The molecule has 0 bridgehead atoms. The number of para-hydroxylation sites is 1. The summed E-state index contributed by atoms with van der Waals surface area (Å²) >= 11 is 0. The fourth-order valence-corrected chi connectivity index (χ4v) is 2.18. The van der Waals surface area contributed by atoms with Crippen molar-refractivity contribution in [2.45, 2.75) is 12.1 Å². The number of carbonyl (C=O) groups is 1. The number of nitrogens with one attached hydrogen (secondary N) is 1. The first-order valence-corrected chi connectivity index (χ1v) is 7.59. The van der Waals surface area contributed by atoms with E-state index in [2.05, 4.69) is 5.32 Å². The number of hydrogen-bond acceptors (Lipinski definition) is 4. The summed E-state index contributed by atoms with van der Waals surface area (Å²) in [7, 11) is 1.48. The van der Waals surface area contributed by atoms with Crippen molar-refractivity contribution >= 4 is 5.91 Å². The summed E-state index contributed by atoms with van der Waals surface area (Å²) in [5.74, 6) is -0.677. The largest absolute Gasteiger partial charge is 0.488 e. The number of hydrogen-bond donors (Lipinski definition) is 2. The first-order chi connectivity index (χ1) is 11.6. The van der Waals surface area contributed by atoms with Gasteiger partial charge in [0.15, 0.2) is 11.6 Å². The van der Waals surface area contributed by atoms with Gasteiger partial charge < -0.3 is 20.5 Å². The normalized spacial score (nSPS) is 13.1. The predicted molar refractivity (Wildman–Crippen MR) is 89.1 cm³/mol. The van der Waals surface area contributed by atoms with Crippen LogP contribution in [-0.2, 0) is 9.53 Å². The molecule has 0 aliphatic carbocycles. The van der Waals surface area contributed by atoms with Crippen molar-refractivity contribution < 1.29 is 18.7 Å². The van der Waals surface area contributed by atoms with Crippen LogP contribution < -0.4 is 15.8 Å². The molecule has 5 nitrogen and oxygen atoms in total. The lowest BCUT2D eigenvalue weighted by Gasteiger charge is -2.22. The van der Waals surface area contributed by atoms with Crippen molar-refractivity contribution in [3.63, 3.8) is 0 Å². The molecular weight excluding hydrogens is 311 g/mol. The van der Waals surface area contributed by atoms with Gasteiger partial charge in [-0.1, -0.05) is 42.5 Å². The van der Waals surface area contributed by atoms with Gasteiger partial charge in [0.1, 0.15) is 12.6 Å². The second kappa shape index (κ2) is 9.00. The Labute approximate surface area is 140 Å². The molecule has 0 spiro atoms. The van der Waals surface area contributed by atoms with E-state index in [0.717, 1.165) is 5.56 Å². The molecule has 0 fully saturated rings. The maximum Gasteiger partial charge on any atom is 0.239 e. The van der Waals surface area contributed by atoms with Crippen LogP contribution in [0.4, 0.5) is 4.39 Å². The minimum absolute atomic E-state index is 0.0798. The molecule has 24 heavy (non-hydrogen) atoms. The maximum atomic E-state index is 13.7. The van der Waals surface area contributed by atoms with E-state index in [4.69, 9.17) is 15.2 Å². The van der Waals surface area contributed by atoms with Crippen LogP contribution >= 0.6 is 0 Å². The number of benzene rings is 2. The predicted octanol–water partition coefficient (Wildman–Crippen LogP) is 2.04. The Morgan fingerprint density at radius 2 is 1.79 bits per heavy atom. The highest BCUT2D eigenvalue weighted by atomic mass is 19.1. The lowest BCUT2D eigenvalue weighted by molar-refractivity contribution is -0.124. The number of carbonyl (C=O) groups excluding carboxylic acids is 1. The molecule has 0 aliphatic rings. The van der Waals surface area contributed by atoms with E-state index in [1.165, 1.54) is 19.2 Å². The Kier molecular flexibility index (Phi) is 6.72. The van der Waals surface area contributed by atoms with E-state index in [-0.39, 0.29) is 24.9 Å². The van der Waals surface area contributed by atoms with Crippen LogP contribution in [0.2, 0.25) is 0 Å². The fourth-order valence-electron chi connectivity index (χ4n) is 2.18. The average molecular weight is 332 g/mol. The van der Waals surface area contributed by atoms with Gasteiger partial charge in [-0.05, 0) is 17.7 Å². The molecule has 2 aromatic rings. The molecule has 6 heteroatoms. The van der Waals surface area contributed by atoms with E-state index in [9.17, 15) is 9.18 Å². The zero-order chi connectivity index (χ0) is 17.4. The molecule has 128 valence electrons. The molecule has 0 aliphatic heterocycles. The third-order valence-corrected chi connectivity index (χ3v) is 3.44. The van der Waals surface area contributed by atoms with Crippen molar-refractivity contribution in [3.05, 3.63) is 66.0 Å². The van der Waals surface area contributed by atoms with Crippen molar-refractivity contribution in [1.82, 2.24) is 5.32 Å². The second-order valence-electron chi connectivity index (χ2n) is 5.28. The lowest BCUT2D eigenvalue weighted by atomic mass is 10.1. The molecule has 0 heterocycles. The molecule has 3 N–H and O–H groups in total. The Bertz CT molecular complexity index is 652. The fraction of sp³-hybridized carbons (Fsp3) is 0.278. The summed E-state index contributed by atoms with van der Waals surface area (Å²) in [6, 6.07) is 14.2. The Morgan fingerprint density at radius 1 is 1.12 bits per heavy atom. The quantitative estimate of drug-likeness (QED) is 0.776. The molecule has 0 saturated heterocycles. The number of nitrogens with two attached hydrogens (primary N) is 1. The molecule has 1 amide bonds. The molecule has 2 atom stereocenters. The smallest absolute Gasteiger partial charge is 0.239 e. The van der Waals surface area contributed by atoms with Gasteiger partial charge >= 0.3 is 0 Å². The first kappa shape index (κ1) is 17.9. The molecule has 2 unspecified atom stereocenters. The van der Waals surface area contributed by atoms with Gasteiger partial charge in [0.25, 0.3) is 0 Å². The average Bonchev–Trinajstić information content (AvgIpc) is 2.60. The zero-order valence-corrected chi connectivity index (χ0v) is 13.4. The van der Waals surface area contributed by atoms with Crippen molar-refractivity contribution in [2.75, 3.05) is 20.3 Å². The highest BCUT2D eigenvalue weighted by Gasteiger charge is 2.20. The Hall–Kier alpha value is -2.44. The van der Waals surface area contributed by atoms with Gasteiger partial charge in [-0.2, -0.15) is 0 Å². The first-order valence-electron chi connectivity index (χ1n) is 7.59. The standard InChI is InChI=1S/C18H21FN2O3/c1-23-11-15(20)18(22)21-16(13-7-3-2-4-8-13)12-24-17-10-6-5-9-14(17)19/h2-10,15-16H,11-12,20H2,1H3,(H,21,22). The van der Waals surface area contributed by atoms with Crippen LogP contribution in [0.3, 0.4) is 0 Å². The Balaban J connectivity index is 2.09. The monoisotopic (exact) mass is 332 g/mol. The number of amides is 1. The van der Waals surface area contributed by atoms with Gasteiger partial charge in [-0.25, -0.2) is 4.39 Å². The second-order valence-corrected chi connectivity index (χ2v) is 5.28. The summed E-state index contributed by atoms with van der Waals surface area (Å²) in [4.78, 5) is 12.1. The van der Waals surface area contributed by atoms with Gasteiger partial charge in [-0.3, -0.25) is 4.79 Å². The molecule has 0 aromatic heterocycles. The highest BCUT2D eigenvalue weighted by molar-refractivity contribution is 5.82. The van der Waals surface area contributed by atoms with Crippen LogP contribution in [-0.4, -0.2) is 32.3 Å². The van der Waals surface area contributed by atoms with Gasteiger partial charge in [0.2, 0.25) is 5.91 Å². The van der Waals surface area contributed by atoms with Crippen LogP contribution in [0.15, 0.2) is 54.6 Å². The SMILES string of the molecule is COCC(N)C(=O)NC(COc1ccccc1F)c1ccccc1. The van der Waals surface area contributed by atoms with Crippen molar-refractivity contribution in [2.24, 2.45) is 5.73 Å². The van der Waals surface area contributed by atoms with Crippen molar-refractivity contribution in [1.29, 1.82) is 0 Å². The van der Waals surface area contributed by atoms with E-state index < -0.39 is 17.9 Å². The summed E-state index contributed by atoms with van der Waals surface area (Å²) in [5, 5.41) is 2.82. The number of halogens is 1. The van der Waals surface area contributed by atoms with Crippen LogP contribution in [0.5, 0.6) is 5.75 Å². The van der Waals surface area contributed by atoms with E-state index >= 15 is 0 Å². The van der Waals surface area contributed by atoms with E-state index in [1.807, 2.05) is 30.3 Å². The van der Waals surface area contributed by atoms with Crippen LogP contribution in [0.1, 0.15) is 11.6 Å². The Morgan fingerprint density at radius 3 is 2.46 bits per heavy atom. The lowest BCUT2D eigenvalue weighted by Crippen LogP contribution is -2.45. The molecular formula is C18H21FN2O3. The molecule has 2 rings (SSSR count). The minimum Gasteiger partial charge on any atom is -0.488 e.